The van der Waals surface area contributed by atoms with Gasteiger partial charge >= 0.3 is 0 Å². The van der Waals surface area contributed by atoms with Crippen LogP contribution in [-0.2, 0) is 16.4 Å². The van der Waals surface area contributed by atoms with Gasteiger partial charge in [-0.15, -0.1) is 0 Å². The second kappa shape index (κ2) is 8.10. The molecule has 1 amide bonds. The standard InChI is InChI=1S/C19H21ClN2O3S/c20-17-9-8-16(14-18(17)22-12-4-5-13-26(22,24)25)19(23)21-11-10-15-6-2-1-3-7-15/h1-3,6-9,14H,4-5,10-13H2,(H,21,23). The summed E-state index contributed by atoms with van der Waals surface area (Å²) in [5.41, 5.74) is 1.92. The lowest BCUT2D eigenvalue weighted by atomic mass is 10.1. The third-order valence-electron chi connectivity index (χ3n) is 4.37. The van der Waals surface area contributed by atoms with Gasteiger partial charge in [0.05, 0.1) is 16.5 Å². The Labute approximate surface area is 159 Å². The molecule has 0 aliphatic carbocycles. The first-order valence-corrected chi connectivity index (χ1v) is 10.6. The quantitative estimate of drug-likeness (QED) is 0.849. The van der Waals surface area contributed by atoms with Crippen LogP contribution in [-0.4, -0.2) is 33.2 Å². The van der Waals surface area contributed by atoms with Crippen LogP contribution >= 0.6 is 11.6 Å². The lowest BCUT2D eigenvalue weighted by molar-refractivity contribution is 0.0954. The first kappa shape index (κ1) is 18.7. The maximum atomic E-state index is 12.4. The van der Waals surface area contributed by atoms with Crippen LogP contribution in [0, 0.1) is 0 Å². The van der Waals surface area contributed by atoms with Gasteiger partial charge in [0.15, 0.2) is 0 Å². The van der Waals surface area contributed by atoms with Crippen LogP contribution in [0.25, 0.3) is 0 Å². The molecule has 1 aliphatic heterocycles. The molecule has 1 aliphatic rings. The van der Waals surface area contributed by atoms with Crippen LogP contribution in [0.5, 0.6) is 0 Å². The van der Waals surface area contributed by atoms with Gasteiger partial charge in [0.25, 0.3) is 5.91 Å². The summed E-state index contributed by atoms with van der Waals surface area (Å²) < 4.78 is 25.9. The highest BCUT2D eigenvalue weighted by atomic mass is 35.5. The summed E-state index contributed by atoms with van der Waals surface area (Å²) in [6.45, 7) is 0.893. The van der Waals surface area contributed by atoms with Crippen molar-refractivity contribution in [3.05, 3.63) is 64.7 Å². The summed E-state index contributed by atoms with van der Waals surface area (Å²) in [7, 11) is -3.38. The lowest BCUT2D eigenvalue weighted by Gasteiger charge is -2.29. The monoisotopic (exact) mass is 392 g/mol. The zero-order chi connectivity index (χ0) is 18.6. The largest absolute Gasteiger partial charge is 0.352 e. The summed E-state index contributed by atoms with van der Waals surface area (Å²) >= 11 is 6.21. The summed E-state index contributed by atoms with van der Waals surface area (Å²) in [4.78, 5) is 12.4. The van der Waals surface area contributed by atoms with Crippen molar-refractivity contribution in [1.82, 2.24) is 5.32 Å². The third-order valence-corrected chi connectivity index (χ3v) is 6.54. The Bertz CT molecular complexity index is 885. The zero-order valence-corrected chi connectivity index (χ0v) is 15.9. The second-order valence-electron chi connectivity index (χ2n) is 6.25. The van der Waals surface area contributed by atoms with E-state index in [2.05, 4.69) is 5.32 Å². The van der Waals surface area contributed by atoms with Gasteiger partial charge in [0, 0.05) is 18.7 Å². The van der Waals surface area contributed by atoms with Crippen LogP contribution in [0.1, 0.15) is 28.8 Å². The highest BCUT2D eigenvalue weighted by Crippen LogP contribution is 2.31. The molecule has 0 saturated carbocycles. The molecule has 3 rings (SSSR count). The van der Waals surface area contributed by atoms with E-state index in [-0.39, 0.29) is 11.7 Å². The van der Waals surface area contributed by atoms with E-state index in [1.807, 2.05) is 30.3 Å². The Morgan fingerprint density at radius 2 is 1.88 bits per heavy atom. The zero-order valence-electron chi connectivity index (χ0n) is 14.3. The van der Waals surface area contributed by atoms with Gasteiger partial charge in [-0.1, -0.05) is 41.9 Å². The SMILES string of the molecule is O=C(NCCc1ccccc1)c1ccc(Cl)c(N2CCCCS2(=O)=O)c1. The van der Waals surface area contributed by atoms with Crippen LogP contribution in [0.3, 0.4) is 0 Å². The topological polar surface area (TPSA) is 66.5 Å². The van der Waals surface area contributed by atoms with Gasteiger partial charge in [0.2, 0.25) is 10.0 Å². The normalized spacial score (nSPS) is 16.3. The molecule has 138 valence electrons. The predicted octanol–water partition coefficient (Wildman–Crippen LogP) is 3.24. The highest BCUT2D eigenvalue weighted by Gasteiger charge is 2.28. The van der Waals surface area contributed by atoms with Crippen LogP contribution < -0.4 is 9.62 Å². The van der Waals surface area contributed by atoms with E-state index < -0.39 is 10.0 Å². The molecule has 2 aromatic carbocycles. The number of halogens is 1. The average Bonchev–Trinajstić information content (AvgIpc) is 2.63. The van der Waals surface area contributed by atoms with Crippen molar-refractivity contribution in [2.24, 2.45) is 0 Å². The van der Waals surface area contributed by atoms with Crippen molar-refractivity contribution in [2.75, 3.05) is 23.1 Å². The fourth-order valence-electron chi connectivity index (χ4n) is 2.97. The van der Waals surface area contributed by atoms with Crippen molar-refractivity contribution in [3.63, 3.8) is 0 Å². The Kier molecular flexibility index (Phi) is 5.84. The first-order valence-electron chi connectivity index (χ1n) is 8.59. The Hall–Kier alpha value is -2.05. The van der Waals surface area contributed by atoms with E-state index in [1.54, 1.807) is 18.2 Å². The molecule has 0 atom stereocenters. The van der Waals surface area contributed by atoms with Gasteiger partial charge < -0.3 is 5.32 Å². The molecule has 0 bridgehead atoms. The molecule has 0 unspecified atom stereocenters. The summed E-state index contributed by atoms with van der Waals surface area (Å²) in [5, 5.41) is 3.20. The molecular weight excluding hydrogens is 372 g/mol. The number of carbonyl (C=O) groups excluding carboxylic acids is 1. The number of rotatable bonds is 5. The Balaban J connectivity index is 1.71. The van der Waals surface area contributed by atoms with E-state index >= 15 is 0 Å². The van der Waals surface area contributed by atoms with Crippen molar-refractivity contribution in [3.8, 4) is 0 Å². The van der Waals surface area contributed by atoms with Gasteiger partial charge in [-0.3, -0.25) is 9.10 Å². The molecule has 0 spiro atoms. The fourth-order valence-corrected chi connectivity index (χ4v) is 4.89. The number of hydrogen-bond donors (Lipinski definition) is 1. The van der Waals surface area contributed by atoms with Gasteiger partial charge in [-0.25, -0.2) is 8.42 Å². The number of nitrogens with zero attached hydrogens (tertiary/aromatic N) is 1. The molecular formula is C19H21ClN2O3S. The van der Waals surface area contributed by atoms with Crippen LogP contribution in [0.4, 0.5) is 5.69 Å². The maximum Gasteiger partial charge on any atom is 0.251 e. The number of hydrogen-bond acceptors (Lipinski definition) is 3. The highest BCUT2D eigenvalue weighted by molar-refractivity contribution is 7.92. The minimum absolute atomic E-state index is 0.108. The number of carbonyl (C=O) groups is 1. The summed E-state index contributed by atoms with van der Waals surface area (Å²) in [5.74, 6) is -0.134. The van der Waals surface area contributed by atoms with Crippen LogP contribution in [0.2, 0.25) is 5.02 Å². The number of anilines is 1. The number of sulfonamides is 1. The summed E-state index contributed by atoms with van der Waals surface area (Å²) in [6.07, 6.45) is 2.16. The van der Waals surface area contributed by atoms with Gasteiger partial charge in [0.1, 0.15) is 0 Å². The predicted molar refractivity (Wildman–Crippen MR) is 104 cm³/mol. The molecule has 26 heavy (non-hydrogen) atoms. The van der Waals surface area contributed by atoms with Gasteiger partial charge in [-0.2, -0.15) is 0 Å². The molecule has 1 heterocycles. The van der Waals surface area contributed by atoms with Crippen molar-refractivity contribution >= 4 is 33.2 Å². The number of nitrogens with one attached hydrogen (secondary N) is 1. The first-order chi connectivity index (χ1) is 12.5. The minimum atomic E-state index is -3.38. The van der Waals surface area contributed by atoms with E-state index in [4.69, 9.17) is 11.6 Å². The maximum absolute atomic E-state index is 12.4. The van der Waals surface area contributed by atoms with Crippen molar-refractivity contribution in [2.45, 2.75) is 19.3 Å². The molecule has 1 fully saturated rings. The summed E-state index contributed by atoms with van der Waals surface area (Å²) in [6, 6.07) is 14.6. The molecule has 0 aromatic heterocycles. The van der Waals surface area contributed by atoms with E-state index in [0.29, 0.717) is 35.8 Å². The molecule has 7 heteroatoms. The fraction of sp³-hybridized carbons (Fsp3) is 0.316. The molecule has 2 aromatic rings. The Morgan fingerprint density at radius 1 is 1.12 bits per heavy atom. The van der Waals surface area contributed by atoms with E-state index in [1.165, 1.54) is 4.31 Å². The molecule has 1 N–H and O–H groups in total. The molecule has 1 saturated heterocycles. The Morgan fingerprint density at radius 3 is 2.62 bits per heavy atom. The van der Waals surface area contributed by atoms with E-state index in [0.717, 1.165) is 18.4 Å². The molecule has 5 nitrogen and oxygen atoms in total. The smallest absolute Gasteiger partial charge is 0.251 e. The average molecular weight is 393 g/mol. The number of amides is 1. The van der Waals surface area contributed by atoms with Crippen molar-refractivity contribution < 1.29 is 13.2 Å². The van der Waals surface area contributed by atoms with Crippen LogP contribution in [0.15, 0.2) is 48.5 Å². The third kappa shape index (κ3) is 4.37. The van der Waals surface area contributed by atoms with E-state index in [9.17, 15) is 13.2 Å². The minimum Gasteiger partial charge on any atom is -0.352 e. The number of benzene rings is 2. The van der Waals surface area contributed by atoms with Crippen molar-refractivity contribution in [1.29, 1.82) is 0 Å². The van der Waals surface area contributed by atoms with Gasteiger partial charge in [-0.05, 0) is 43.0 Å². The molecule has 0 radical (unpaired) electrons. The lowest BCUT2D eigenvalue weighted by Crippen LogP contribution is -2.38. The second-order valence-corrected chi connectivity index (χ2v) is 8.67.